The summed E-state index contributed by atoms with van der Waals surface area (Å²) in [5.41, 5.74) is 3.41. The first kappa shape index (κ1) is 19.5. The number of hydrogen-bond donors (Lipinski definition) is 1. The van der Waals surface area contributed by atoms with Crippen molar-refractivity contribution in [3.8, 4) is 0 Å². The van der Waals surface area contributed by atoms with Crippen LogP contribution in [0.25, 0.3) is 0 Å². The molecule has 0 spiro atoms. The van der Waals surface area contributed by atoms with Gasteiger partial charge in [0.05, 0.1) is 29.7 Å². The molecule has 1 atom stereocenters. The van der Waals surface area contributed by atoms with E-state index in [0.29, 0.717) is 19.4 Å². The summed E-state index contributed by atoms with van der Waals surface area (Å²) in [5.74, 6) is -0.0873. The largest absolute Gasteiger partial charge is 0.355 e. The molecule has 1 unspecified atom stereocenters. The Bertz CT molecular complexity index is 936. The minimum absolute atomic E-state index is 0.109. The van der Waals surface area contributed by atoms with Crippen molar-refractivity contribution in [3.63, 3.8) is 0 Å². The highest BCUT2D eigenvalue weighted by Gasteiger charge is 2.31. The van der Waals surface area contributed by atoms with Crippen LogP contribution >= 0.6 is 0 Å². The van der Waals surface area contributed by atoms with E-state index >= 15 is 0 Å². The molecule has 0 aliphatic carbocycles. The fraction of sp³-hybridized carbons (Fsp3) is 0.474. The zero-order chi connectivity index (χ0) is 19.6. The van der Waals surface area contributed by atoms with Gasteiger partial charge in [-0.05, 0) is 44.4 Å². The number of rotatable bonds is 6. The molecule has 1 aliphatic rings. The second-order valence-corrected chi connectivity index (χ2v) is 9.28. The summed E-state index contributed by atoms with van der Waals surface area (Å²) >= 11 is 0. The maximum Gasteiger partial charge on any atom is 0.224 e. The second-order valence-electron chi connectivity index (χ2n) is 7.05. The number of hydrogen-bond acceptors (Lipinski definition) is 4. The highest BCUT2D eigenvalue weighted by molar-refractivity contribution is 7.91. The van der Waals surface area contributed by atoms with Crippen LogP contribution in [0.15, 0.2) is 24.3 Å². The summed E-state index contributed by atoms with van der Waals surface area (Å²) in [4.78, 5) is 12.3. The number of nitrogens with zero attached hydrogens (tertiary/aromatic N) is 2. The molecule has 0 saturated carbocycles. The van der Waals surface area contributed by atoms with Crippen molar-refractivity contribution in [3.05, 3.63) is 52.6 Å². The molecule has 1 saturated heterocycles. The number of carbonyl (C=O) groups is 1. The minimum atomic E-state index is -2.99. The molecule has 0 bridgehead atoms. The van der Waals surface area contributed by atoms with E-state index in [1.54, 1.807) is 16.8 Å². The molecule has 8 heteroatoms. The molecule has 1 amide bonds. The molecule has 0 radical (unpaired) electrons. The van der Waals surface area contributed by atoms with Gasteiger partial charge in [-0.25, -0.2) is 12.8 Å². The number of sulfone groups is 1. The first-order valence-electron chi connectivity index (χ1n) is 9.01. The van der Waals surface area contributed by atoms with E-state index in [1.807, 2.05) is 13.8 Å². The zero-order valence-electron chi connectivity index (χ0n) is 15.5. The molecular weight excluding hydrogens is 369 g/mol. The first-order chi connectivity index (χ1) is 12.7. The van der Waals surface area contributed by atoms with Gasteiger partial charge in [0.1, 0.15) is 5.82 Å². The third-order valence-corrected chi connectivity index (χ3v) is 6.77. The molecular formula is C19H24FN3O3S. The summed E-state index contributed by atoms with van der Waals surface area (Å²) in [6.07, 6.45) is 1.40. The lowest BCUT2D eigenvalue weighted by atomic mass is 10.1. The Balaban J connectivity index is 1.58. The fourth-order valence-electron chi connectivity index (χ4n) is 3.50. The van der Waals surface area contributed by atoms with Crippen molar-refractivity contribution >= 4 is 15.7 Å². The van der Waals surface area contributed by atoms with Gasteiger partial charge in [0.2, 0.25) is 5.91 Å². The van der Waals surface area contributed by atoms with Crippen LogP contribution in [-0.4, -0.2) is 42.2 Å². The van der Waals surface area contributed by atoms with Gasteiger partial charge >= 0.3 is 0 Å². The van der Waals surface area contributed by atoms with Gasteiger partial charge < -0.3 is 5.32 Å². The molecule has 27 heavy (non-hydrogen) atoms. The molecule has 1 fully saturated rings. The van der Waals surface area contributed by atoms with Gasteiger partial charge in [0.15, 0.2) is 9.84 Å². The number of aryl methyl sites for hydroxylation is 1. The molecule has 146 valence electrons. The van der Waals surface area contributed by atoms with E-state index in [4.69, 9.17) is 0 Å². The Morgan fingerprint density at radius 3 is 2.63 bits per heavy atom. The summed E-state index contributed by atoms with van der Waals surface area (Å²) < 4.78 is 38.1. The summed E-state index contributed by atoms with van der Waals surface area (Å²) in [5, 5.41) is 7.36. The average molecular weight is 393 g/mol. The van der Waals surface area contributed by atoms with Crippen LogP contribution in [0.1, 0.15) is 35.0 Å². The number of nitrogens with one attached hydrogen (secondary N) is 1. The highest BCUT2D eigenvalue weighted by atomic mass is 32.2. The Morgan fingerprint density at radius 2 is 2.00 bits per heavy atom. The highest BCUT2D eigenvalue weighted by Crippen LogP contribution is 2.26. The molecule has 1 N–H and O–H groups in total. The van der Waals surface area contributed by atoms with Gasteiger partial charge in [0, 0.05) is 17.8 Å². The maximum absolute atomic E-state index is 12.9. The quantitative estimate of drug-likeness (QED) is 0.813. The predicted octanol–water partition coefficient (Wildman–Crippen LogP) is 1.90. The lowest BCUT2D eigenvalue weighted by molar-refractivity contribution is -0.120. The summed E-state index contributed by atoms with van der Waals surface area (Å²) in [6, 6.07) is 6.07. The molecule has 1 aromatic heterocycles. The zero-order valence-corrected chi connectivity index (χ0v) is 16.4. The Labute approximate surface area is 158 Å². The first-order valence-corrected chi connectivity index (χ1v) is 10.8. The number of amides is 1. The molecule has 2 aromatic rings. The van der Waals surface area contributed by atoms with Crippen LogP contribution in [-0.2, 0) is 27.5 Å². The number of aromatic nitrogens is 2. The van der Waals surface area contributed by atoms with Gasteiger partial charge in [-0.3, -0.25) is 9.48 Å². The van der Waals surface area contributed by atoms with Crippen LogP contribution in [0, 0.1) is 19.7 Å². The van der Waals surface area contributed by atoms with E-state index in [9.17, 15) is 17.6 Å². The van der Waals surface area contributed by atoms with Crippen molar-refractivity contribution in [1.29, 1.82) is 0 Å². The van der Waals surface area contributed by atoms with Crippen molar-refractivity contribution < 1.29 is 17.6 Å². The number of benzene rings is 1. The van der Waals surface area contributed by atoms with Gasteiger partial charge in [-0.2, -0.15) is 5.10 Å². The SMILES string of the molecule is Cc1nn(C2CCS(=O)(=O)C2)c(C)c1CC(=O)NCCc1ccc(F)cc1. The average Bonchev–Trinajstić information content (AvgIpc) is 3.10. The molecule has 1 aromatic carbocycles. The molecule has 2 heterocycles. The van der Waals surface area contributed by atoms with Crippen molar-refractivity contribution in [1.82, 2.24) is 15.1 Å². The van der Waals surface area contributed by atoms with E-state index in [-0.39, 0.29) is 35.7 Å². The van der Waals surface area contributed by atoms with Crippen LogP contribution < -0.4 is 5.32 Å². The van der Waals surface area contributed by atoms with E-state index in [0.717, 1.165) is 22.5 Å². The third-order valence-electron chi connectivity index (χ3n) is 5.02. The lowest BCUT2D eigenvalue weighted by Crippen LogP contribution is -2.27. The van der Waals surface area contributed by atoms with E-state index in [2.05, 4.69) is 10.4 Å². The normalized spacial score (nSPS) is 18.6. The lowest BCUT2D eigenvalue weighted by Gasteiger charge is -2.11. The van der Waals surface area contributed by atoms with Crippen LogP contribution in [0.2, 0.25) is 0 Å². The van der Waals surface area contributed by atoms with Crippen molar-refractivity contribution in [2.75, 3.05) is 18.1 Å². The van der Waals surface area contributed by atoms with Crippen molar-refractivity contribution in [2.24, 2.45) is 0 Å². The van der Waals surface area contributed by atoms with Crippen molar-refractivity contribution in [2.45, 2.75) is 39.2 Å². The van der Waals surface area contributed by atoms with E-state index in [1.165, 1.54) is 12.1 Å². The van der Waals surface area contributed by atoms with Gasteiger partial charge in [-0.15, -0.1) is 0 Å². The van der Waals surface area contributed by atoms with E-state index < -0.39 is 9.84 Å². The number of halogens is 1. The Hall–Kier alpha value is -2.22. The topological polar surface area (TPSA) is 81.1 Å². The van der Waals surface area contributed by atoms with Gasteiger partial charge in [-0.1, -0.05) is 12.1 Å². The maximum atomic E-state index is 12.9. The third kappa shape index (κ3) is 4.74. The second kappa shape index (κ2) is 7.80. The Morgan fingerprint density at radius 1 is 1.30 bits per heavy atom. The Kier molecular flexibility index (Phi) is 5.64. The monoisotopic (exact) mass is 393 g/mol. The standard InChI is InChI=1S/C19H24FN3O3S/c1-13-18(14(2)23(22-13)17-8-10-27(25,26)12-17)11-19(24)21-9-7-15-3-5-16(20)6-4-15/h3-6,17H,7-12H2,1-2H3,(H,21,24). The summed E-state index contributed by atoms with van der Waals surface area (Å²) in [7, 11) is -2.99. The fourth-order valence-corrected chi connectivity index (χ4v) is 5.19. The minimum Gasteiger partial charge on any atom is -0.355 e. The predicted molar refractivity (Wildman–Crippen MR) is 101 cm³/mol. The molecule has 3 rings (SSSR count). The summed E-state index contributed by atoms with van der Waals surface area (Å²) in [6.45, 7) is 4.19. The number of carbonyl (C=O) groups excluding carboxylic acids is 1. The van der Waals surface area contributed by atoms with Gasteiger partial charge in [0.25, 0.3) is 0 Å². The van der Waals surface area contributed by atoms with Crippen LogP contribution in [0.5, 0.6) is 0 Å². The smallest absolute Gasteiger partial charge is 0.224 e. The molecule has 1 aliphatic heterocycles. The van der Waals surface area contributed by atoms with Crippen LogP contribution in [0.3, 0.4) is 0 Å². The van der Waals surface area contributed by atoms with Crippen LogP contribution in [0.4, 0.5) is 4.39 Å². The molecule has 6 nitrogen and oxygen atoms in total.